The molecule has 2 rings (SSSR count). The van der Waals surface area contributed by atoms with Gasteiger partial charge in [0.15, 0.2) is 11.4 Å². The highest BCUT2D eigenvalue weighted by atomic mass is 35.5. The summed E-state index contributed by atoms with van der Waals surface area (Å²) in [4.78, 5) is 12.0. The smallest absolute Gasteiger partial charge is 0.351 e. The number of aryl methyl sites for hydroxylation is 3. The van der Waals surface area contributed by atoms with Crippen LogP contribution in [0.4, 0.5) is 13.2 Å². The van der Waals surface area contributed by atoms with Gasteiger partial charge in [0.2, 0.25) is 0 Å². The van der Waals surface area contributed by atoms with E-state index >= 15 is 0 Å². The van der Waals surface area contributed by atoms with E-state index in [0.717, 1.165) is 6.07 Å². The highest BCUT2D eigenvalue weighted by molar-refractivity contribution is 6.33. The van der Waals surface area contributed by atoms with Crippen LogP contribution in [0.25, 0.3) is 0 Å². The molecule has 0 aliphatic carbocycles. The van der Waals surface area contributed by atoms with Crippen molar-refractivity contribution in [2.24, 2.45) is 0 Å². The van der Waals surface area contributed by atoms with E-state index in [4.69, 9.17) is 11.6 Å². The molecule has 24 heavy (non-hydrogen) atoms. The Morgan fingerprint density at radius 1 is 1.38 bits per heavy atom. The summed E-state index contributed by atoms with van der Waals surface area (Å²) in [6.07, 6.45) is -2.47. The Morgan fingerprint density at radius 3 is 2.62 bits per heavy atom. The molecule has 1 N–H and O–H groups in total. The zero-order chi connectivity index (χ0) is 17.9. The molecule has 132 valence electrons. The summed E-state index contributed by atoms with van der Waals surface area (Å²) in [5.41, 5.74) is -0.368. The molecule has 0 aliphatic heterocycles. The molecular weight excluding hydrogens is 347 g/mol. The van der Waals surface area contributed by atoms with Crippen molar-refractivity contribution in [2.75, 3.05) is 6.54 Å². The minimum absolute atomic E-state index is 0.133. The van der Waals surface area contributed by atoms with Gasteiger partial charge in [0.1, 0.15) is 0 Å². The maximum atomic E-state index is 12.6. The standard InChI is InChI=1S/C14H17ClF3N5O/c1-3-22-8-10(15)12(21-22)13(24)19-5-4-6-23-9(2)7-11(20-23)14(16,17)18/h7-8H,3-6H2,1-2H3,(H,19,24). The molecule has 6 nitrogen and oxygen atoms in total. The topological polar surface area (TPSA) is 64.7 Å². The number of halogens is 4. The van der Waals surface area contributed by atoms with E-state index in [1.165, 1.54) is 4.68 Å². The molecule has 0 saturated carbocycles. The number of rotatable bonds is 6. The molecule has 0 aromatic carbocycles. The SMILES string of the molecule is CCn1cc(Cl)c(C(=O)NCCCn2nc(C(F)(F)F)cc2C)n1. The Morgan fingerprint density at radius 2 is 2.08 bits per heavy atom. The minimum Gasteiger partial charge on any atom is -0.351 e. The van der Waals surface area contributed by atoms with E-state index in [0.29, 0.717) is 18.7 Å². The first kappa shape index (κ1) is 18.3. The van der Waals surface area contributed by atoms with Crippen LogP contribution in [0.1, 0.15) is 35.2 Å². The lowest BCUT2D eigenvalue weighted by atomic mass is 10.3. The van der Waals surface area contributed by atoms with Crippen molar-refractivity contribution < 1.29 is 18.0 Å². The fraction of sp³-hybridized carbons (Fsp3) is 0.500. The summed E-state index contributed by atoms with van der Waals surface area (Å²) in [5.74, 6) is -0.416. The average molecular weight is 364 g/mol. The first-order chi connectivity index (χ1) is 11.2. The van der Waals surface area contributed by atoms with E-state index in [1.54, 1.807) is 17.8 Å². The van der Waals surface area contributed by atoms with Gasteiger partial charge in [-0.2, -0.15) is 23.4 Å². The van der Waals surface area contributed by atoms with Gasteiger partial charge in [-0.1, -0.05) is 11.6 Å². The third-order valence-corrected chi connectivity index (χ3v) is 3.64. The van der Waals surface area contributed by atoms with Crippen molar-refractivity contribution >= 4 is 17.5 Å². The Bertz CT molecular complexity index is 723. The number of nitrogens with zero attached hydrogens (tertiary/aromatic N) is 4. The van der Waals surface area contributed by atoms with Crippen LogP contribution in [0.3, 0.4) is 0 Å². The first-order valence-electron chi connectivity index (χ1n) is 7.35. The molecule has 10 heteroatoms. The van der Waals surface area contributed by atoms with Gasteiger partial charge < -0.3 is 5.32 Å². The lowest BCUT2D eigenvalue weighted by Crippen LogP contribution is -2.26. The molecule has 1 amide bonds. The number of amides is 1. The summed E-state index contributed by atoms with van der Waals surface area (Å²) >= 11 is 5.93. The van der Waals surface area contributed by atoms with Crippen molar-refractivity contribution in [2.45, 2.75) is 39.5 Å². The number of aromatic nitrogens is 4. The van der Waals surface area contributed by atoms with Gasteiger partial charge in [0.05, 0.1) is 5.02 Å². The second-order valence-electron chi connectivity index (χ2n) is 5.18. The lowest BCUT2D eigenvalue weighted by molar-refractivity contribution is -0.141. The van der Waals surface area contributed by atoms with Gasteiger partial charge in [0, 0.05) is 31.5 Å². The number of nitrogens with one attached hydrogen (secondary N) is 1. The van der Waals surface area contributed by atoms with Crippen molar-refractivity contribution in [1.29, 1.82) is 0 Å². The van der Waals surface area contributed by atoms with Crippen LogP contribution in [0, 0.1) is 6.92 Å². The predicted octanol–water partition coefficient (Wildman–Crippen LogP) is 2.90. The third kappa shape index (κ3) is 4.28. The van der Waals surface area contributed by atoms with Crippen molar-refractivity contribution in [3.8, 4) is 0 Å². The van der Waals surface area contributed by atoms with Crippen LogP contribution >= 0.6 is 11.6 Å². The summed E-state index contributed by atoms with van der Waals surface area (Å²) in [6.45, 7) is 4.55. The second kappa shape index (κ2) is 7.25. The van der Waals surface area contributed by atoms with Crippen molar-refractivity contribution in [1.82, 2.24) is 24.9 Å². The van der Waals surface area contributed by atoms with Crippen LogP contribution in [0.2, 0.25) is 5.02 Å². The number of hydrogen-bond donors (Lipinski definition) is 1. The molecule has 2 aromatic heterocycles. The number of alkyl halides is 3. The highest BCUT2D eigenvalue weighted by Crippen LogP contribution is 2.28. The molecule has 2 heterocycles. The Labute approximate surface area is 141 Å². The quantitative estimate of drug-likeness (QED) is 0.803. The molecule has 0 radical (unpaired) electrons. The number of carbonyl (C=O) groups is 1. The fourth-order valence-corrected chi connectivity index (χ4v) is 2.34. The van der Waals surface area contributed by atoms with Crippen LogP contribution in [-0.4, -0.2) is 32.0 Å². The Hall–Kier alpha value is -2.03. The summed E-state index contributed by atoms with van der Waals surface area (Å²) in [7, 11) is 0. The zero-order valence-electron chi connectivity index (χ0n) is 13.2. The van der Waals surface area contributed by atoms with Gasteiger partial charge in [-0.3, -0.25) is 14.2 Å². The Kier molecular flexibility index (Phi) is 5.53. The maximum Gasteiger partial charge on any atom is 0.435 e. The summed E-state index contributed by atoms with van der Waals surface area (Å²) < 4.78 is 40.5. The molecule has 0 saturated heterocycles. The molecule has 0 unspecified atom stereocenters. The van der Waals surface area contributed by atoms with Gasteiger partial charge in [-0.25, -0.2) is 0 Å². The Balaban J connectivity index is 1.86. The highest BCUT2D eigenvalue weighted by Gasteiger charge is 2.34. The van der Waals surface area contributed by atoms with Crippen LogP contribution in [0.5, 0.6) is 0 Å². The minimum atomic E-state index is -4.46. The average Bonchev–Trinajstić information content (AvgIpc) is 3.06. The largest absolute Gasteiger partial charge is 0.435 e. The van der Waals surface area contributed by atoms with E-state index in [9.17, 15) is 18.0 Å². The van der Waals surface area contributed by atoms with Crippen LogP contribution < -0.4 is 5.32 Å². The first-order valence-corrected chi connectivity index (χ1v) is 7.73. The number of hydrogen-bond acceptors (Lipinski definition) is 3. The molecule has 0 bridgehead atoms. The van der Waals surface area contributed by atoms with Gasteiger partial charge in [0.25, 0.3) is 5.91 Å². The van der Waals surface area contributed by atoms with Gasteiger partial charge >= 0.3 is 6.18 Å². The van der Waals surface area contributed by atoms with Gasteiger partial charge in [-0.15, -0.1) is 0 Å². The van der Waals surface area contributed by atoms with Crippen LogP contribution in [0.15, 0.2) is 12.3 Å². The molecule has 0 atom stereocenters. The predicted molar refractivity (Wildman–Crippen MR) is 81.8 cm³/mol. The van der Waals surface area contributed by atoms with Crippen molar-refractivity contribution in [3.05, 3.63) is 34.4 Å². The van der Waals surface area contributed by atoms with Crippen LogP contribution in [-0.2, 0) is 19.3 Å². The normalized spacial score (nSPS) is 11.8. The molecule has 0 spiro atoms. The number of carbonyl (C=O) groups excluding carboxylic acids is 1. The molecule has 0 aliphatic rings. The zero-order valence-corrected chi connectivity index (χ0v) is 13.9. The maximum absolute atomic E-state index is 12.6. The fourth-order valence-electron chi connectivity index (χ4n) is 2.10. The molecule has 2 aromatic rings. The van der Waals surface area contributed by atoms with E-state index in [1.807, 2.05) is 6.92 Å². The summed E-state index contributed by atoms with van der Waals surface area (Å²) in [6, 6.07) is 0.996. The van der Waals surface area contributed by atoms with E-state index < -0.39 is 17.8 Å². The molecular formula is C14H17ClF3N5O. The summed E-state index contributed by atoms with van der Waals surface area (Å²) in [5, 5.41) is 10.5. The van der Waals surface area contributed by atoms with Crippen molar-refractivity contribution in [3.63, 3.8) is 0 Å². The lowest BCUT2D eigenvalue weighted by Gasteiger charge is -2.06. The monoisotopic (exact) mass is 363 g/mol. The van der Waals surface area contributed by atoms with Gasteiger partial charge in [-0.05, 0) is 26.3 Å². The van der Waals surface area contributed by atoms with E-state index in [2.05, 4.69) is 15.5 Å². The third-order valence-electron chi connectivity index (χ3n) is 3.36. The van der Waals surface area contributed by atoms with E-state index in [-0.39, 0.29) is 23.8 Å². The second-order valence-corrected chi connectivity index (χ2v) is 5.59. The molecule has 0 fully saturated rings.